The number of benzene rings is 1. The van der Waals surface area contributed by atoms with Crippen molar-refractivity contribution in [1.29, 1.82) is 0 Å². The average molecular weight is 331 g/mol. The van der Waals surface area contributed by atoms with Gasteiger partial charge in [-0.05, 0) is 12.5 Å². The Hall–Kier alpha value is -3.28. The molecule has 0 bridgehead atoms. The van der Waals surface area contributed by atoms with E-state index in [-0.39, 0.29) is 5.56 Å². The molecule has 1 aromatic carbocycles. The van der Waals surface area contributed by atoms with Gasteiger partial charge in [-0.15, -0.1) is 0 Å². The fraction of sp³-hybridized carbons (Fsp3) is 0.158. The maximum atomic E-state index is 12.0. The first kappa shape index (κ1) is 15.3. The molecule has 3 aromatic heterocycles. The number of rotatable bonds is 4. The zero-order valence-electron chi connectivity index (χ0n) is 13.8. The van der Waals surface area contributed by atoms with E-state index in [1.807, 2.05) is 43.5 Å². The van der Waals surface area contributed by atoms with E-state index in [1.165, 1.54) is 4.68 Å². The minimum absolute atomic E-state index is 0.0959. The second kappa shape index (κ2) is 6.32. The highest BCUT2D eigenvalue weighted by Gasteiger charge is 2.18. The van der Waals surface area contributed by atoms with E-state index < -0.39 is 0 Å². The number of aromatic nitrogens is 5. The Morgan fingerprint density at radius 1 is 1.04 bits per heavy atom. The molecule has 0 aliphatic carbocycles. The number of hydrogen-bond acceptors (Lipinski definition) is 4. The molecule has 0 aliphatic rings. The monoisotopic (exact) mass is 331 g/mol. The van der Waals surface area contributed by atoms with Gasteiger partial charge in [0.05, 0.1) is 23.0 Å². The Labute approximate surface area is 144 Å². The Bertz CT molecular complexity index is 1080. The zero-order valence-corrected chi connectivity index (χ0v) is 13.8. The van der Waals surface area contributed by atoms with Crippen LogP contribution < -0.4 is 5.56 Å². The van der Waals surface area contributed by atoms with Gasteiger partial charge in [0.1, 0.15) is 5.69 Å². The normalized spacial score (nSPS) is 11.1. The second-order valence-electron chi connectivity index (χ2n) is 5.78. The molecule has 25 heavy (non-hydrogen) atoms. The molecule has 124 valence electrons. The Balaban J connectivity index is 2.01. The quantitative estimate of drug-likeness (QED) is 0.576. The first-order valence-electron chi connectivity index (χ1n) is 8.24. The molecule has 3 heterocycles. The summed E-state index contributed by atoms with van der Waals surface area (Å²) in [4.78, 5) is 16.2. The van der Waals surface area contributed by atoms with Crippen LogP contribution in [0.3, 0.4) is 0 Å². The summed E-state index contributed by atoms with van der Waals surface area (Å²) in [6.07, 6.45) is 6.13. The third-order valence-electron chi connectivity index (χ3n) is 4.04. The standard InChI is InChI=1S/C19H17N5O/c1-2-11-24-17(25)9-8-15(21-24)18-16-13-20-10-12-23(16)22-19(18)14-6-4-3-5-7-14/h3-10,12-13H,2,11H2,1H3. The highest BCUT2D eigenvalue weighted by atomic mass is 16.1. The van der Waals surface area contributed by atoms with Crippen molar-refractivity contribution in [2.45, 2.75) is 19.9 Å². The molecule has 6 nitrogen and oxygen atoms in total. The van der Waals surface area contributed by atoms with Crippen molar-refractivity contribution in [3.63, 3.8) is 0 Å². The third kappa shape index (κ3) is 2.71. The first-order chi connectivity index (χ1) is 12.3. The summed E-state index contributed by atoms with van der Waals surface area (Å²) in [7, 11) is 0. The van der Waals surface area contributed by atoms with Crippen molar-refractivity contribution in [1.82, 2.24) is 24.4 Å². The van der Waals surface area contributed by atoms with Gasteiger partial charge in [0.15, 0.2) is 0 Å². The lowest BCUT2D eigenvalue weighted by Gasteiger charge is -2.07. The number of nitrogens with zero attached hydrogens (tertiary/aromatic N) is 5. The fourth-order valence-corrected chi connectivity index (χ4v) is 2.90. The van der Waals surface area contributed by atoms with Crippen LogP contribution in [0.2, 0.25) is 0 Å². The number of hydrogen-bond donors (Lipinski definition) is 0. The van der Waals surface area contributed by atoms with Gasteiger partial charge in [-0.1, -0.05) is 37.3 Å². The van der Waals surface area contributed by atoms with Crippen molar-refractivity contribution >= 4 is 5.52 Å². The molecule has 0 spiro atoms. The SMILES string of the molecule is CCCn1nc(-c2c(-c3ccccc3)nn3ccncc23)ccc1=O. The Morgan fingerprint density at radius 2 is 1.88 bits per heavy atom. The van der Waals surface area contributed by atoms with Gasteiger partial charge in [-0.3, -0.25) is 9.78 Å². The summed E-state index contributed by atoms with van der Waals surface area (Å²) in [5.41, 5.74) is 4.18. The summed E-state index contributed by atoms with van der Waals surface area (Å²) in [6.45, 7) is 2.61. The van der Waals surface area contributed by atoms with Crippen molar-refractivity contribution in [3.05, 3.63) is 71.4 Å². The summed E-state index contributed by atoms with van der Waals surface area (Å²) in [6, 6.07) is 13.3. The van der Waals surface area contributed by atoms with Gasteiger partial charge in [-0.25, -0.2) is 9.20 Å². The van der Waals surface area contributed by atoms with Crippen LogP contribution >= 0.6 is 0 Å². The van der Waals surface area contributed by atoms with Crippen LogP contribution in [0.4, 0.5) is 0 Å². The van der Waals surface area contributed by atoms with Gasteiger partial charge in [0, 0.05) is 30.6 Å². The highest BCUT2D eigenvalue weighted by Crippen LogP contribution is 2.33. The Kier molecular flexibility index (Phi) is 3.85. The molecule has 0 fully saturated rings. The van der Waals surface area contributed by atoms with Gasteiger partial charge in [0.2, 0.25) is 0 Å². The van der Waals surface area contributed by atoms with Crippen LogP contribution in [-0.4, -0.2) is 24.4 Å². The van der Waals surface area contributed by atoms with E-state index in [1.54, 1.807) is 29.0 Å². The molecule has 0 radical (unpaired) electrons. The lowest BCUT2D eigenvalue weighted by atomic mass is 10.0. The lowest BCUT2D eigenvalue weighted by molar-refractivity contribution is 0.571. The molecular formula is C19H17N5O. The van der Waals surface area contributed by atoms with Gasteiger partial charge in [-0.2, -0.15) is 10.2 Å². The van der Waals surface area contributed by atoms with Crippen LogP contribution in [0.5, 0.6) is 0 Å². The van der Waals surface area contributed by atoms with Crippen LogP contribution in [-0.2, 0) is 6.54 Å². The summed E-state index contributed by atoms with van der Waals surface area (Å²) in [5.74, 6) is 0. The smallest absolute Gasteiger partial charge is 0.266 e. The molecule has 0 saturated carbocycles. The number of fused-ring (bicyclic) bond motifs is 1. The largest absolute Gasteiger partial charge is 0.268 e. The van der Waals surface area contributed by atoms with Gasteiger partial charge in [0.25, 0.3) is 5.56 Å². The summed E-state index contributed by atoms with van der Waals surface area (Å²) in [5, 5.41) is 9.27. The average Bonchev–Trinajstić information content (AvgIpc) is 3.04. The maximum Gasteiger partial charge on any atom is 0.266 e. The van der Waals surface area contributed by atoms with Gasteiger partial charge < -0.3 is 0 Å². The van der Waals surface area contributed by atoms with E-state index in [9.17, 15) is 4.79 Å². The molecule has 0 N–H and O–H groups in total. The van der Waals surface area contributed by atoms with Crippen molar-refractivity contribution in [3.8, 4) is 22.5 Å². The minimum Gasteiger partial charge on any atom is -0.268 e. The molecule has 4 aromatic rings. The minimum atomic E-state index is -0.0959. The second-order valence-corrected chi connectivity index (χ2v) is 5.78. The predicted octanol–water partition coefficient (Wildman–Crippen LogP) is 3.03. The third-order valence-corrected chi connectivity index (χ3v) is 4.04. The van der Waals surface area contributed by atoms with E-state index in [2.05, 4.69) is 10.1 Å². The van der Waals surface area contributed by atoms with E-state index in [4.69, 9.17) is 5.10 Å². The van der Waals surface area contributed by atoms with Crippen LogP contribution in [0.1, 0.15) is 13.3 Å². The summed E-state index contributed by atoms with van der Waals surface area (Å²) >= 11 is 0. The predicted molar refractivity (Wildman–Crippen MR) is 96.2 cm³/mol. The van der Waals surface area contributed by atoms with Crippen LogP contribution in [0.25, 0.3) is 28.0 Å². The van der Waals surface area contributed by atoms with Gasteiger partial charge >= 0.3 is 0 Å². The molecule has 6 heteroatoms. The summed E-state index contributed by atoms with van der Waals surface area (Å²) < 4.78 is 3.30. The first-order valence-corrected chi connectivity index (χ1v) is 8.24. The molecule has 0 atom stereocenters. The molecule has 0 unspecified atom stereocenters. The van der Waals surface area contributed by atoms with E-state index in [0.29, 0.717) is 6.54 Å². The fourth-order valence-electron chi connectivity index (χ4n) is 2.90. The molecule has 0 aliphatic heterocycles. The topological polar surface area (TPSA) is 65.1 Å². The molecule has 0 saturated heterocycles. The van der Waals surface area contributed by atoms with E-state index >= 15 is 0 Å². The van der Waals surface area contributed by atoms with Crippen LogP contribution in [0.15, 0.2) is 65.8 Å². The highest BCUT2D eigenvalue weighted by molar-refractivity contribution is 5.90. The molecule has 4 rings (SSSR count). The van der Waals surface area contributed by atoms with Crippen molar-refractivity contribution < 1.29 is 0 Å². The Morgan fingerprint density at radius 3 is 2.68 bits per heavy atom. The van der Waals surface area contributed by atoms with Crippen LogP contribution in [0, 0.1) is 0 Å². The zero-order chi connectivity index (χ0) is 17.2. The molecule has 0 amide bonds. The number of aryl methyl sites for hydroxylation is 1. The van der Waals surface area contributed by atoms with Crippen molar-refractivity contribution in [2.75, 3.05) is 0 Å². The molecular weight excluding hydrogens is 314 g/mol. The lowest BCUT2D eigenvalue weighted by Crippen LogP contribution is -2.22. The maximum absolute atomic E-state index is 12.0. The van der Waals surface area contributed by atoms with Crippen molar-refractivity contribution in [2.24, 2.45) is 0 Å². The van der Waals surface area contributed by atoms with E-state index in [0.717, 1.165) is 34.5 Å².